The van der Waals surface area contributed by atoms with Crippen LogP contribution in [0.1, 0.15) is 13.3 Å². The van der Waals surface area contributed by atoms with Gasteiger partial charge < -0.3 is 10.0 Å². The van der Waals surface area contributed by atoms with Crippen LogP contribution < -0.4 is 0 Å². The van der Waals surface area contributed by atoms with E-state index in [1.54, 1.807) is 18.7 Å². The number of carbonyl (C=O) groups excluding carboxylic acids is 1. The smallest absolute Gasteiger partial charge is 0.326 e. The molecule has 0 aromatic heterocycles. The van der Waals surface area contributed by atoms with Gasteiger partial charge >= 0.3 is 5.97 Å². The molecule has 1 aliphatic rings. The first-order valence-electron chi connectivity index (χ1n) is 6.88. The number of benzene rings is 1. The van der Waals surface area contributed by atoms with E-state index in [2.05, 4.69) is 12.6 Å². The fourth-order valence-corrected chi connectivity index (χ4v) is 3.78. The summed E-state index contributed by atoms with van der Waals surface area (Å²) in [6, 6.07) is 9.14. The zero-order valence-corrected chi connectivity index (χ0v) is 13.5. The molecular weight excluding hydrogens is 306 g/mol. The quantitative estimate of drug-likeness (QED) is 0.816. The predicted octanol–water partition coefficient (Wildman–Crippen LogP) is 2.40. The first-order valence-corrected chi connectivity index (χ1v) is 8.40. The standard InChI is InChI=1S/C15H19NO3S2/c1-10(9-20)14(17)16-8-12(7-13(16)15(18)19)21-11-5-3-2-4-6-11/h2-6,10,12-13,20H,7-9H2,1H3,(H,18,19)/t10-,12-,13-/m1/s1. The van der Waals surface area contributed by atoms with Gasteiger partial charge in [0.25, 0.3) is 0 Å². The van der Waals surface area contributed by atoms with Crippen LogP contribution in [0.4, 0.5) is 0 Å². The highest BCUT2D eigenvalue weighted by molar-refractivity contribution is 8.00. The van der Waals surface area contributed by atoms with Crippen molar-refractivity contribution in [2.45, 2.75) is 29.5 Å². The Labute approximate surface area is 134 Å². The van der Waals surface area contributed by atoms with Gasteiger partial charge in [-0.15, -0.1) is 11.8 Å². The van der Waals surface area contributed by atoms with Crippen LogP contribution in [0.15, 0.2) is 35.2 Å². The van der Waals surface area contributed by atoms with E-state index >= 15 is 0 Å². The molecule has 0 bridgehead atoms. The molecule has 114 valence electrons. The molecule has 1 fully saturated rings. The lowest BCUT2D eigenvalue weighted by Crippen LogP contribution is -2.43. The Hall–Kier alpha value is -1.14. The fourth-order valence-electron chi connectivity index (χ4n) is 2.41. The van der Waals surface area contributed by atoms with Crippen molar-refractivity contribution in [3.8, 4) is 0 Å². The minimum atomic E-state index is -0.925. The molecule has 1 amide bonds. The second-order valence-electron chi connectivity index (χ2n) is 5.22. The summed E-state index contributed by atoms with van der Waals surface area (Å²) in [7, 11) is 0. The molecule has 2 rings (SSSR count). The summed E-state index contributed by atoms with van der Waals surface area (Å²) in [5, 5.41) is 9.46. The van der Waals surface area contributed by atoms with Crippen LogP contribution in [-0.2, 0) is 9.59 Å². The third-order valence-corrected chi connectivity index (χ3v) is 5.34. The van der Waals surface area contributed by atoms with Crippen molar-refractivity contribution in [2.75, 3.05) is 12.3 Å². The largest absolute Gasteiger partial charge is 0.480 e. The van der Waals surface area contributed by atoms with E-state index in [1.807, 2.05) is 30.3 Å². The van der Waals surface area contributed by atoms with Gasteiger partial charge in [-0.3, -0.25) is 4.79 Å². The van der Waals surface area contributed by atoms with Gasteiger partial charge in [0.05, 0.1) is 0 Å². The molecule has 0 radical (unpaired) electrons. The molecule has 1 aromatic rings. The monoisotopic (exact) mass is 325 g/mol. The first kappa shape index (κ1) is 16.2. The second-order valence-corrected chi connectivity index (χ2v) is 6.96. The maximum atomic E-state index is 12.3. The maximum Gasteiger partial charge on any atom is 0.326 e. The summed E-state index contributed by atoms with van der Waals surface area (Å²) < 4.78 is 0. The molecule has 1 saturated heterocycles. The maximum absolute atomic E-state index is 12.3. The van der Waals surface area contributed by atoms with Crippen molar-refractivity contribution < 1.29 is 14.7 Å². The number of hydrogen-bond donors (Lipinski definition) is 2. The Balaban J connectivity index is 2.08. The number of nitrogens with zero attached hydrogens (tertiary/aromatic N) is 1. The van der Waals surface area contributed by atoms with E-state index < -0.39 is 12.0 Å². The van der Waals surface area contributed by atoms with Crippen molar-refractivity contribution in [2.24, 2.45) is 5.92 Å². The predicted molar refractivity (Wildman–Crippen MR) is 86.9 cm³/mol. The molecule has 1 aliphatic heterocycles. The third-order valence-electron chi connectivity index (χ3n) is 3.57. The van der Waals surface area contributed by atoms with Crippen LogP contribution in [0.25, 0.3) is 0 Å². The van der Waals surface area contributed by atoms with Crippen molar-refractivity contribution in [3.63, 3.8) is 0 Å². The SMILES string of the molecule is C[C@H](CS)C(=O)N1C[C@H](Sc2ccccc2)C[C@@H]1C(=O)O. The van der Waals surface area contributed by atoms with Crippen LogP contribution in [0.5, 0.6) is 0 Å². The van der Waals surface area contributed by atoms with E-state index in [1.165, 1.54) is 4.90 Å². The first-order chi connectivity index (χ1) is 10.0. The minimum absolute atomic E-state index is 0.115. The number of hydrogen-bond acceptors (Lipinski definition) is 4. The Morgan fingerprint density at radius 3 is 2.67 bits per heavy atom. The summed E-state index contributed by atoms with van der Waals surface area (Å²) in [6.07, 6.45) is 0.486. The van der Waals surface area contributed by atoms with E-state index in [4.69, 9.17) is 0 Å². The Kier molecular flexibility index (Phi) is 5.58. The number of likely N-dealkylation sites (tertiary alicyclic amines) is 1. The number of carboxylic acids is 1. The Morgan fingerprint density at radius 2 is 2.10 bits per heavy atom. The molecule has 3 atom stereocenters. The van der Waals surface area contributed by atoms with Crippen molar-refractivity contribution in [1.82, 2.24) is 4.90 Å². The number of thioether (sulfide) groups is 1. The lowest BCUT2D eigenvalue weighted by Gasteiger charge is -2.24. The average Bonchev–Trinajstić information content (AvgIpc) is 2.90. The molecular formula is C15H19NO3S2. The average molecular weight is 325 g/mol. The van der Waals surface area contributed by atoms with Gasteiger partial charge in [-0.05, 0) is 18.6 Å². The van der Waals surface area contributed by atoms with Gasteiger partial charge in [-0.2, -0.15) is 12.6 Å². The summed E-state index contributed by atoms with van der Waals surface area (Å²) in [4.78, 5) is 26.3. The molecule has 0 aliphatic carbocycles. The lowest BCUT2D eigenvalue weighted by atomic mass is 10.1. The molecule has 21 heavy (non-hydrogen) atoms. The topological polar surface area (TPSA) is 57.6 Å². The molecule has 4 nitrogen and oxygen atoms in total. The number of carbonyl (C=O) groups is 2. The van der Waals surface area contributed by atoms with E-state index in [-0.39, 0.29) is 17.1 Å². The Morgan fingerprint density at radius 1 is 1.43 bits per heavy atom. The number of thiol groups is 1. The fraction of sp³-hybridized carbons (Fsp3) is 0.467. The third kappa shape index (κ3) is 3.95. The summed E-state index contributed by atoms with van der Waals surface area (Å²) in [5.74, 6) is -0.867. The van der Waals surface area contributed by atoms with Crippen molar-refractivity contribution >= 4 is 36.3 Å². The van der Waals surface area contributed by atoms with Crippen LogP contribution in [0.2, 0.25) is 0 Å². The van der Waals surface area contributed by atoms with Gasteiger partial charge in [-0.1, -0.05) is 25.1 Å². The van der Waals surface area contributed by atoms with Crippen LogP contribution >= 0.6 is 24.4 Å². The lowest BCUT2D eigenvalue weighted by molar-refractivity contribution is -0.149. The normalized spacial score (nSPS) is 23.0. The summed E-state index contributed by atoms with van der Waals surface area (Å²) in [5.41, 5.74) is 0. The van der Waals surface area contributed by atoms with Gasteiger partial charge in [0.15, 0.2) is 0 Å². The molecule has 1 heterocycles. The van der Waals surface area contributed by atoms with E-state index in [0.29, 0.717) is 18.7 Å². The van der Waals surface area contributed by atoms with Crippen molar-refractivity contribution in [1.29, 1.82) is 0 Å². The zero-order chi connectivity index (χ0) is 15.4. The number of carboxylic acid groups (broad SMARTS) is 1. The minimum Gasteiger partial charge on any atom is -0.480 e. The van der Waals surface area contributed by atoms with Crippen molar-refractivity contribution in [3.05, 3.63) is 30.3 Å². The Bertz CT molecular complexity index is 509. The van der Waals surface area contributed by atoms with Gasteiger partial charge in [-0.25, -0.2) is 4.79 Å². The molecule has 0 saturated carbocycles. The molecule has 0 spiro atoms. The molecule has 1 N–H and O–H groups in total. The summed E-state index contributed by atoms with van der Waals surface area (Å²) in [6.45, 7) is 2.26. The number of rotatable bonds is 5. The molecule has 6 heteroatoms. The molecule has 1 aromatic carbocycles. The van der Waals surface area contributed by atoms with Crippen LogP contribution in [0, 0.1) is 5.92 Å². The zero-order valence-electron chi connectivity index (χ0n) is 11.8. The highest BCUT2D eigenvalue weighted by atomic mass is 32.2. The number of aliphatic carboxylic acids is 1. The molecule has 0 unspecified atom stereocenters. The van der Waals surface area contributed by atoms with Gasteiger partial charge in [0.2, 0.25) is 5.91 Å². The van der Waals surface area contributed by atoms with Crippen LogP contribution in [-0.4, -0.2) is 45.5 Å². The van der Waals surface area contributed by atoms with E-state index in [0.717, 1.165) is 4.90 Å². The highest BCUT2D eigenvalue weighted by Crippen LogP contribution is 2.33. The van der Waals surface area contributed by atoms with Gasteiger partial charge in [0, 0.05) is 28.4 Å². The highest BCUT2D eigenvalue weighted by Gasteiger charge is 2.40. The van der Waals surface area contributed by atoms with Crippen LogP contribution in [0.3, 0.4) is 0 Å². The second kappa shape index (κ2) is 7.22. The summed E-state index contributed by atoms with van der Waals surface area (Å²) >= 11 is 5.77. The van der Waals surface area contributed by atoms with E-state index in [9.17, 15) is 14.7 Å². The number of amides is 1. The van der Waals surface area contributed by atoms with Gasteiger partial charge in [0.1, 0.15) is 6.04 Å².